The Labute approximate surface area is 214 Å². The van der Waals surface area contributed by atoms with Crippen molar-refractivity contribution in [3.05, 3.63) is 110 Å². The number of allylic oxidation sites excluding steroid dienone is 1. The highest BCUT2D eigenvalue weighted by molar-refractivity contribution is 6.29. The van der Waals surface area contributed by atoms with Gasteiger partial charge in [-0.05, 0) is 48.1 Å². The van der Waals surface area contributed by atoms with Crippen molar-refractivity contribution in [1.82, 2.24) is 9.97 Å². The second-order valence-corrected chi connectivity index (χ2v) is 8.84. The highest BCUT2D eigenvalue weighted by Gasteiger charge is 2.42. The van der Waals surface area contributed by atoms with Crippen LogP contribution in [0.5, 0.6) is 0 Å². The number of H-pyrrole nitrogens is 2. The molecule has 3 aromatic rings. The Hall–Kier alpha value is -5.60. The summed E-state index contributed by atoms with van der Waals surface area (Å²) in [7, 11) is 0. The summed E-state index contributed by atoms with van der Waals surface area (Å²) in [5.41, 5.74) is 2.28. The number of hydrogen-bond acceptors (Lipinski definition) is 6. The molecule has 0 amide bonds. The molecule has 0 saturated carbocycles. The molecule has 0 radical (unpaired) electrons. The lowest BCUT2D eigenvalue weighted by atomic mass is 9.84. The predicted molar refractivity (Wildman–Crippen MR) is 142 cm³/mol. The van der Waals surface area contributed by atoms with Crippen molar-refractivity contribution in [3.63, 3.8) is 0 Å². The van der Waals surface area contributed by atoms with Gasteiger partial charge in [-0.15, -0.1) is 0 Å². The molecule has 2 unspecified atom stereocenters. The molecule has 8 bridgehead atoms. The van der Waals surface area contributed by atoms with Crippen LogP contribution in [0.25, 0.3) is 18.2 Å². The lowest BCUT2D eigenvalue weighted by Crippen LogP contribution is -2.20. The third-order valence-electron chi connectivity index (χ3n) is 6.62. The molecule has 1 aromatic carbocycles. The standard InChI is InChI=1S/C30H16N4O4/c35-13-22-23(14-36)29-25(16-38)30-24(15-37)28(17-4-2-1-3-5-17)27(34-30)12-21-9-7-19(32-21)10-18-6-8-20(31-18)11-26(22)33-29/h1-12,28,30-32H. The third-order valence-corrected chi connectivity index (χ3v) is 6.62. The highest BCUT2D eigenvalue weighted by atomic mass is 16.1. The van der Waals surface area contributed by atoms with Crippen LogP contribution < -0.4 is 10.7 Å². The fourth-order valence-electron chi connectivity index (χ4n) is 4.95. The Morgan fingerprint density at radius 2 is 1.39 bits per heavy atom. The van der Waals surface area contributed by atoms with Crippen LogP contribution in [0.1, 0.15) is 22.9 Å². The Balaban J connectivity index is 1.67. The molecule has 2 aromatic heterocycles. The van der Waals surface area contributed by atoms with E-state index in [-0.39, 0.29) is 33.7 Å². The molecule has 5 heterocycles. The van der Waals surface area contributed by atoms with Gasteiger partial charge >= 0.3 is 0 Å². The molecule has 6 rings (SSSR count). The van der Waals surface area contributed by atoms with E-state index in [1.165, 1.54) is 0 Å². The summed E-state index contributed by atoms with van der Waals surface area (Å²) in [6.07, 6.45) is 5.27. The number of hydrogen-bond donors (Lipinski definition) is 2. The van der Waals surface area contributed by atoms with Crippen LogP contribution in [-0.2, 0) is 19.2 Å². The van der Waals surface area contributed by atoms with Gasteiger partial charge in [0.15, 0.2) is 0 Å². The van der Waals surface area contributed by atoms with E-state index in [1.54, 1.807) is 30.1 Å². The summed E-state index contributed by atoms with van der Waals surface area (Å²) in [5, 5.41) is 1.55. The molecular weight excluding hydrogens is 480 g/mol. The van der Waals surface area contributed by atoms with Crippen LogP contribution in [-0.4, -0.2) is 51.2 Å². The first-order chi connectivity index (χ1) is 18.6. The zero-order valence-corrected chi connectivity index (χ0v) is 19.6. The van der Waals surface area contributed by atoms with Gasteiger partial charge in [0.2, 0.25) is 0 Å². The molecule has 2 atom stereocenters. The van der Waals surface area contributed by atoms with Crippen molar-refractivity contribution in [2.75, 3.05) is 0 Å². The van der Waals surface area contributed by atoms with E-state index in [0.29, 0.717) is 11.4 Å². The fourth-order valence-corrected chi connectivity index (χ4v) is 4.95. The quantitative estimate of drug-likeness (QED) is 0.494. The summed E-state index contributed by atoms with van der Waals surface area (Å²) in [6, 6.07) is 15.6. The molecule has 0 fully saturated rings. The number of benzene rings is 1. The monoisotopic (exact) mass is 496 g/mol. The number of aromatic amines is 2. The molecule has 0 aliphatic carbocycles. The number of nitrogens with one attached hydrogen (secondary N) is 2. The number of nitrogens with zero attached hydrogens (tertiary/aromatic N) is 2. The van der Waals surface area contributed by atoms with E-state index in [1.807, 2.05) is 66.5 Å². The molecular formula is C30H16N4O4. The van der Waals surface area contributed by atoms with Crippen molar-refractivity contribution < 1.29 is 19.2 Å². The smallest absolute Gasteiger partial charge is 0.136 e. The average Bonchev–Trinajstić information content (AvgIpc) is 3.71. The first kappa shape index (κ1) is 22.8. The van der Waals surface area contributed by atoms with Crippen LogP contribution in [0.3, 0.4) is 0 Å². The summed E-state index contributed by atoms with van der Waals surface area (Å²) < 4.78 is 0. The summed E-state index contributed by atoms with van der Waals surface area (Å²) in [4.78, 5) is 64.3. The summed E-state index contributed by atoms with van der Waals surface area (Å²) >= 11 is 0. The van der Waals surface area contributed by atoms with Crippen molar-refractivity contribution in [2.45, 2.75) is 12.0 Å². The maximum atomic E-state index is 12.4. The molecule has 2 N–H and O–H groups in total. The van der Waals surface area contributed by atoms with Crippen molar-refractivity contribution >= 4 is 53.4 Å². The first-order valence-electron chi connectivity index (χ1n) is 11.7. The molecule has 0 saturated heterocycles. The van der Waals surface area contributed by atoms with E-state index in [9.17, 15) is 19.2 Å². The van der Waals surface area contributed by atoms with Crippen LogP contribution in [0.15, 0.2) is 92.6 Å². The van der Waals surface area contributed by atoms with Crippen molar-refractivity contribution in [3.8, 4) is 0 Å². The normalized spacial score (nSPS) is 19.7. The lowest BCUT2D eigenvalue weighted by Gasteiger charge is -2.14. The molecule has 38 heavy (non-hydrogen) atoms. The van der Waals surface area contributed by atoms with E-state index in [0.717, 1.165) is 22.0 Å². The number of aliphatic imine (C=N–C) groups is 2. The minimum Gasteiger partial charge on any atom is -0.355 e. The lowest BCUT2D eigenvalue weighted by molar-refractivity contribution is 0.563. The second-order valence-electron chi connectivity index (χ2n) is 8.84. The maximum absolute atomic E-state index is 12.4. The zero-order valence-electron chi connectivity index (χ0n) is 19.6. The Morgan fingerprint density at radius 1 is 0.684 bits per heavy atom. The van der Waals surface area contributed by atoms with Gasteiger partial charge in [-0.3, -0.25) is 4.99 Å². The maximum Gasteiger partial charge on any atom is 0.136 e. The number of carbonyl (C=O) groups excluding carboxylic acids is 4. The molecule has 0 spiro atoms. The molecule has 3 aliphatic heterocycles. The van der Waals surface area contributed by atoms with Gasteiger partial charge in [0, 0.05) is 22.1 Å². The summed E-state index contributed by atoms with van der Waals surface area (Å²) in [5.74, 6) is 6.67. The van der Waals surface area contributed by atoms with Gasteiger partial charge in [-0.2, -0.15) is 0 Å². The van der Waals surface area contributed by atoms with Gasteiger partial charge in [0.05, 0.1) is 28.5 Å². The fraction of sp³-hybridized carbons (Fsp3) is 0.0667. The Morgan fingerprint density at radius 3 is 2.08 bits per heavy atom. The van der Waals surface area contributed by atoms with Crippen molar-refractivity contribution in [2.24, 2.45) is 9.98 Å². The molecule has 8 heteroatoms. The topological polar surface area (TPSA) is 125 Å². The largest absolute Gasteiger partial charge is 0.355 e. The van der Waals surface area contributed by atoms with E-state index < -0.39 is 12.0 Å². The molecule has 8 nitrogen and oxygen atoms in total. The summed E-state index contributed by atoms with van der Waals surface area (Å²) in [6.45, 7) is 0. The number of fused-ring (bicyclic) bond motifs is 6. The van der Waals surface area contributed by atoms with Gasteiger partial charge in [0.25, 0.3) is 0 Å². The van der Waals surface area contributed by atoms with Gasteiger partial charge in [-0.1, -0.05) is 30.3 Å². The van der Waals surface area contributed by atoms with Crippen LogP contribution in [0.4, 0.5) is 0 Å². The zero-order chi connectivity index (χ0) is 26.2. The first-order valence-corrected chi connectivity index (χ1v) is 11.7. The predicted octanol–water partition coefficient (Wildman–Crippen LogP) is 1.40. The van der Waals surface area contributed by atoms with Crippen molar-refractivity contribution in [1.29, 1.82) is 0 Å². The number of aromatic nitrogens is 2. The molecule has 180 valence electrons. The van der Waals surface area contributed by atoms with Crippen LogP contribution in [0, 0.1) is 0 Å². The van der Waals surface area contributed by atoms with Gasteiger partial charge < -0.3 is 9.97 Å². The van der Waals surface area contributed by atoms with Crippen LogP contribution in [0.2, 0.25) is 0 Å². The van der Waals surface area contributed by atoms with E-state index >= 15 is 0 Å². The van der Waals surface area contributed by atoms with E-state index in [2.05, 4.69) is 15.0 Å². The van der Waals surface area contributed by atoms with E-state index in [4.69, 9.17) is 4.99 Å². The average molecular weight is 496 g/mol. The van der Waals surface area contributed by atoms with Crippen LogP contribution >= 0.6 is 0 Å². The van der Waals surface area contributed by atoms with Gasteiger partial charge in [0.1, 0.15) is 46.7 Å². The minimum atomic E-state index is -1.12. The second kappa shape index (κ2) is 9.12. The SMILES string of the molecule is O=C=C1C(=C=O)C2=NC1=Cc1ccc([nH]1)C=c1ccc([nH]1)=CC1=NC(C2=C=O)C(=C=O)C1c1ccccc1. The molecule has 3 aliphatic rings. The minimum absolute atomic E-state index is 0.119. The Bertz CT molecular complexity index is 1940. The van der Waals surface area contributed by atoms with Gasteiger partial charge in [-0.25, -0.2) is 24.2 Å². The highest BCUT2D eigenvalue weighted by Crippen LogP contribution is 2.40. The Kier molecular flexibility index (Phi) is 5.48. The number of rotatable bonds is 1. The third kappa shape index (κ3) is 3.69.